The monoisotopic (exact) mass is 491 g/mol. The van der Waals surface area contributed by atoms with Gasteiger partial charge in [0.25, 0.3) is 5.91 Å². The molecule has 0 fully saturated rings. The van der Waals surface area contributed by atoms with E-state index in [4.69, 9.17) is 0 Å². The fourth-order valence-electron chi connectivity index (χ4n) is 3.94. The zero-order valence-corrected chi connectivity index (χ0v) is 20.4. The third-order valence-electron chi connectivity index (χ3n) is 5.81. The molecule has 3 amide bonds. The Morgan fingerprint density at radius 2 is 1.57 bits per heavy atom. The number of benzene rings is 2. The molecule has 0 bridgehead atoms. The third-order valence-corrected chi connectivity index (χ3v) is 5.81. The lowest BCUT2D eigenvalue weighted by molar-refractivity contribution is 0.102. The lowest BCUT2D eigenvalue weighted by atomic mass is 10.0. The number of aromatic amines is 1. The van der Waals surface area contributed by atoms with E-state index in [1.807, 2.05) is 48.5 Å². The van der Waals surface area contributed by atoms with Crippen LogP contribution in [0.15, 0.2) is 85.5 Å². The van der Waals surface area contributed by atoms with Gasteiger partial charge in [0.2, 0.25) is 0 Å². The van der Waals surface area contributed by atoms with Crippen LogP contribution in [0.3, 0.4) is 0 Å². The van der Waals surface area contributed by atoms with Gasteiger partial charge < -0.3 is 15.5 Å². The molecule has 0 aliphatic heterocycles. The number of H-pyrrole nitrogens is 1. The molecule has 0 saturated heterocycles. The van der Waals surface area contributed by atoms with Crippen molar-refractivity contribution in [2.24, 2.45) is 0 Å². The molecule has 0 saturated carbocycles. The predicted molar refractivity (Wildman–Crippen MR) is 143 cm³/mol. The van der Waals surface area contributed by atoms with Gasteiger partial charge in [0, 0.05) is 37.4 Å². The van der Waals surface area contributed by atoms with Gasteiger partial charge in [-0.2, -0.15) is 5.10 Å². The number of carbonyl (C=O) groups excluding carboxylic acids is 2. The number of hydrogen-bond acceptors (Lipinski definition) is 5. The molecule has 9 heteroatoms. The van der Waals surface area contributed by atoms with Crippen LogP contribution in [0.5, 0.6) is 0 Å². The Hall–Kier alpha value is -5.05. The van der Waals surface area contributed by atoms with Crippen molar-refractivity contribution in [2.75, 3.05) is 24.7 Å². The molecule has 0 aliphatic carbocycles. The van der Waals surface area contributed by atoms with Gasteiger partial charge in [-0.1, -0.05) is 36.4 Å². The van der Waals surface area contributed by atoms with E-state index in [0.717, 1.165) is 22.2 Å². The van der Waals surface area contributed by atoms with Crippen molar-refractivity contribution in [2.45, 2.75) is 6.42 Å². The van der Waals surface area contributed by atoms with Crippen molar-refractivity contribution in [3.8, 4) is 11.1 Å². The minimum atomic E-state index is -0.341. The summed E-state index contributed by atoms with van der Waals surface area (Å²) in [6, 6.07) is 19.2. The highest BCUT2D eigenvalue weighted by Crippen LogP contribution is 2.27. The summed E-state index contributed by atoms with van der Waals surface area (Å²) < 4.78 is 0. The highest BCUT2D eigenvalue weighted by molar-refractivity contribution is 6.11. The Bertz CT molecular complexity index is 1580. The quantitative estimate of drug-likeness (QED) is 0.311. The average Bonchev–Trinajstić information content (AvgIpc) is 3.33. The smallest absolute Gasteiger partial charge is 0.321 e. The molecule has 0 unspecified atom stereocenters. The molecule has 0 atom stereocenters. The van der Waals surface area contributed by atoms with Gasteiger partial charge >= 0.3 is 6.03 Å². The largest absolute Gasteiger partial charge is 0.331 e. The maximum Gasteiger partial charge on any atom is 0.321 e. The first-order chi connectivity index (χ1) is 18.0. The van der Waals surface area contributed by atoms with Crippen LogP contribution < -0.4 is 10.6 Å². The van der Waals surface area contributed by atoms with Crippen molar-refractivity contribution in [1.82, 2.24) is 25.1 Å². The first-order valence-electron chi connectivity index (χ1n) is 11.7. The highest BCUT2D eigenvalue weighted by atomic mass is 16.2. The molecule has 0 radical (unpaired) electrons. The molecule has 3 heterocycles. The van der Waals surface area contributed by atoms with E-state index in [0.29, 0.717) is 23.2 Å². The van der Waals surface area contributed by atoms with Crippen LogP contribution in [0.1, 0.15) is 21.6 Å². The molecular weight excluding hydrogens is 466 g/mol. The number of hydrogen-bond donors (Lipinski definition) is 3. The van der Waals surface area contributed by atoms with Gasteiger partial charge in [0.1, 0.15) is 0 Å². The Balaban J connectivity index is 1.37. The zero-order chi connectivity index (χ0) is 25.8. The third kappa shape index (κ3) is 5.46. The summed E-state index contributed by atoms with van der Waals surface area (Å²) in [6.07, 6.45) is 7.42. The predicted octanol–water partition coefficient (Wildman–Crippen LogP) is 4.96. The van der Waals surface area contributed by atoms with E-state index in [-0.39, 0.29) is 17.6 Å². The Morgan fingerprint density at radius 1 is 0.811 bits per heavy atom. The SMILES string of the molecule is CN(C)C(=O)Nc1cncc(-c2ccc3[nH]nc(C(=O)Nc4cncc(Cc5ccccc5)c4)c3c2)c1. The number of amides is 3. The van der Waals surface area contributed by atoms with Crippen LogP contribution in [-0.2, 0) is 6.42 Å². The molecule has 9 nitrogen and oxygen atoms in total. The number of aromatic nitrogens is 4. The Kier molecular flexibility index (Phi) is 6.58. The van der Waals surface area contributed by atoms with E-state index >= 15 is 0 Å². The molecule has 0 spiro atoms. The molecule has 3 N–H and O–H groups in total. The average molecular weight is 492 g/mol. The van der Waals surface area contributed by atoms with Crippen LogP contribution in [0.4, 0.5) is 16.2 Å². The summed E-state index contributed by atoms with van der Waals surface area (Å²) >= 11 is 0. The number of rotatable bonds is 6. The minimum Gasteiger partial charge on any atom is -0.331 e. The van der Waals surface area contributed by atoms with Gasteiger partial charge in [-0.25, -0.2) is 4.79 Å². The lowest BCUT2D eigenvalue weighted by Crippen LogP contribution is -2.27. The fourth-order valence-corrected chi connectivity index (χ4v) is 3.94. The first kappa shape index (κ1) is 23.7. The summed E-state index contributed by atoms with van der Waals surface area (Å²) in [6.45, 7) is 0. The van der Waals surface area contributed by atoms with E-state index in [2.05, 4.69) is 42.9 Å². The second kappa shape index (κ2) is 10.3. The topological polar surface area (TPSA) is 116 Å². The number of nitrogens with one attached hydrogen (secondary N) is 3. The molecule has 2 aromatic carbocycles. The standard InChI is InChI=1S/C28H25N7O2/c1-35(2)28(37)32-23-12-21(15-30-17-23)20-8-9-25-24(13-20)26(34-33-25)27(36)31-22-11-19(14-29-16-22)10-18-6-4-3-5-7-18/h3-9,11-17H,10H2,1-2H3,(H,31,36)(H,32,37)(H,33,34). The molecule has 37 heavy (non-hydrogen) atoms. The van der Waals surface area contributed by atoms with Crippen molar-refractivity contribution in [1.29, 1.82) is 0 Å². The van der Waals surface area contributed by atoms with Gasteiger partial charge in [-0.15, -0.1) is 0 Å². The molecular formula is C28H25N7O2. The van der Waals surface area contributed by atoms with Gasteiger partial charge in [-0.3, -0.25) is 19.9 Å². The summed E-state index contributed by atoms with van der Waals surface area (Å²) in [5, 5.41) is 13.6. The summed E-state index contributed by atoms with van der Waals surface area (Å²) in [5.41, 5.74) is 5.96. The number of pyridine rings is 2. The first-order valence-corrected chi connectivity index (χ1v) is 11.7. The minimum absolute atomic E-state index is 0.245. The fraction of sp³-hybridized carbons (Fsp3) is 0.107. The maximum atomic E-state index is 13.2. The van der Waals surface area contributed by atoms with Gasteiger partial charge in [0.05, 0.1) is 29.3 Å². The number of carbonyl (C=O) groups is 2. The molecule has 5 rings (SSSR count). The van der Waals surface area contributed by atoms with Crippen LogP contribution in [0, 0.1) is 0 Å². The highest BCUT2D eigenvalue weighted by Gasteiger charge is 2.16. The second-order valence-electron chi connectivity index (χ2n) is 8.82. The van der Waals surface area contributed by atoms with Crippen LogP contribution in [-0.4, -0.2) is 51.1 Å². The molecule has 3 aromatic heterocycles. The van der Waals surface area contributed by atoms with E-state index in [1.165, 1.54) is 10.5 Å². The van der Waals surface area contributed by atoms with Crippen LogP contribution in [0.2, 0.25) is 0 Å². The number of anilines is 2. The van der Waals surface area contributed by atoms with Crippen molar-refractivity contribution in [3.05, 3.63) is 102 Å². The molecule has 184 valence electrons. The maximum absolute atomic E-state index is 13.2. The molecule has 5 aromatic rings. The van der Waals surface area contributed by atoms with Crippen molar-refractivity contribution < 1.29 is 9.59 Å². The summed E-state index contributed by atoms with van der Waals surface area (Å²) in [5.74, 6) is -0.341. The zero-order valence-electron chi connectivity index (χ0n) is 20.4. The van der Waals surface area contributed by atoms with Crippen molar-refractivity contribution >= 4 is 34.2 Å². The second-order valence-corrected chi connectivity index (χ2v) is 8.82. The molecule has 0 aliphatic rings. The van der Waals surface area contributed by atoms with Crippen LogP contribution >= 0.6 is 0 Å². The normalized spacial score (nSPS) is 10.8. The Morgan fingerprint density at radius 3 is 2.35 bits per heavy atom. The Labute approximate surface area is 213 Å². The summed E-state index contributed by atoms with van der Waals surface area (Å²) in [7, 11) is 3.34. The van der Waals surface area contributed by atoms with Gasteiger partial charge in [-0.05, 0) is 47.4 Å². The van der Waals surface area contributed by atoms with Crippen molar-refractivity contribution in [3.63, 3.8) is 0 Å². The number of fused-ring (bicyclic) bond motifs is 1. The van der Waals surface area contributed by atoms with Gasteiger partial charge in [0.15, 0.2) is 5.69 Å². The summed E-state index contributed by atoms with van der Waals surface area (Å²) in [4.78, 5) is 35.2. The lowest BCUT2D eigenvalue weighted by Gasteiger charge is -2.12. The van der Waals surface area contributed by atoms with E-state index in [1.54, 1.807) is 38.9 Å². The number of urea groups is 1. The number of nitrogens with zero attached hydrogens (tertiary/aromatic N) is 4. The van der Waals surface area contributed by atoms with E-state index in [9.17, 15) is 9.59 Å². The van der Waals surface area contributed by atoms with Crippen LogP contribution in [0.25, 0.3) is 22.0 Å². The van der Waals surface area contributed by atoms with E-state index < -0.39 is 0 Å².